The Labute approximate surface area is 167 Å². The molecule has 4 nitrogen and oxygen atoms in total. The van der Waals surface area contributed by atoms with E-state index in [2.05, 4.69) is 5.32 Å². The zero-order valence-electron chi connectivity index (χ0n) is 15.2. The summed E-state index contributed by atoms with van der Waals surface area (Å²) in [5.74, 6) is 0.818. The molecule has 1 N–H and O–H groups in total. The fourth-order valence-corrected chi connectivity index (χ4v) is 3.54. The van der Waals surface area contributed by atoms with Gasteiger partial charge in [-0.2, -0.15) is 9.61 Å². The fraction of sp³-hybridized carbons (Fsp3) is 0.143. The molecule has 27 heavy (non-hydrogen) atoms. The maximum absolute atomic E-state index is 6.43. The van der Waals surface area contributed by atoms with E-state index in [0.29, 0.717) is 5.02 Å². The van der Waals surface area contributed by atoms with Crippen molar-refractivity contribution in [2.24, 2.45) is 0 Å². The summed E-state index contributed by atoms with van der Waals surface area (Å²) < 4.78 is 1.81. The van der Waals surface area contributed by atoms with E-state index in [9.17, 15) is 0 Å². The Kier molecular flexibility index (Phi) is 4.54. The molecule has 0 aliphatic heterocycles. The van der Waals surface area contributed by atoms with E-state index in [4.69, 9.17) is 33.3 Å². The molecule has 0 saturated heterocycles. The molecule has 0 bridgehead atoms. The number of fused-ring (bicyclic) bond motifs is 1. The largest absolute Gasteiger partial charge is 0.340 e. The first-order valence-corrected chi connectivity index (χ1v) is 9.34. The first kappa shape index (κ1) is 17.8. The van der Waals surface area contributed by atoms with Crippen LogP contribution >= 0.6 is 23.2 Å². The fourth-order valence-electron chi connectivity index (χ4n) is 3.13. The Morgan fingerprint density at radius 1 is 0.926 bits per heavy atom. The first-order chi connectivity index (χ1) is 12.9. The summed E-state index contributed by atoms with van der Waals surface area (Å²) in [5, 5.41) is 9.51. The number of aromatic nitrogens is 3. The van der Waals surface area contributed by atoms with Crippen molar-refractivity contribution in [1.82, 2.24) is 14.6 Å². The summed E-state index contributed by atoms with van der Waals surface area (Å²) in [7, 11) is 0. The molecule has 2 aromatic carbocycles. The van der Waals surface area contributed by atoms with Gasteiger partial charge in [0.2, 0.25) is 0 Å². The van der Waals surface area contributed by atoms with Crippen LogP contribution in [0.15, 0.2) is 48.5 Å². The lowest BCUT2D eigenvalue weighted by Gasteiger charge is -2.11. The van der Waals surface area contributed by atoms with Crippen molar-refractivity contribution in [3.63, 3.8) is 0 Å². The maximum Gasteiger partial charge on any atom is 0.165 e. The van der Waals surface area contributed by atoms with Gasteiger partial charge in [0.15, 0.2) is 5.65 Å². The van der Waals surface area contributed by atoms with E-state index >= 15 is 0 Å². The van der Waals surface area contributed by atoms with Crippen LogP contribution in [0, 0.1) is 20.8 Å². The van der Waals surface area contributed by atoms with Crippen LogP contribution in [-0.2, 0) is 0 Å². The molecule has 0 spiro atoms. The van der Waals surface area contributed by atoms with Crippen molar-refractivity contribution in [2.75, 3.05) is 5.32 Å². The van der Waals surface area contributed by atoms with Crippen LogP contribution in [0.25, 0.3) is 16.8 Å². The number of hydrogen-bond donors (Lipinski definition) is 1. The topological polar surface area (TPSA) is 42.2 Å². The smallest absolute Gasteiger partial charge is 0.165 e. The Morgan fingerprint density at radius 2 is 1.70 bits per heavy atom. The van der Waals surface area contributed by atoms with Crippen molar-refractivity contribution in [2.45, 2.75) is 20.8 Å². The highest BCUT2D eigenvalue weighted by Crippen LogP contribution is 2.34. The van der Waals surface area contributed by atoms with Crippen molar-refractivity contribution >= 4 is 40.4 Å². The van der Waals surface area contributed by atoms with E-state index in [0.717, 1.165) is 50.3 Å². The quantitative estimate of drug-likeness (QED) is 0.437. The van der Waals surface area contributed by atoms with Crippen LogP contribution in [0.2, 0.25) is 10.0 Å². The third kappa shape index (κ3) is 3.27. The van der Waals surface area contributed by atoms with Crippen molar-refractivity contribution < 1.29 is 0 Å². The molecular formula is C21H18Cl2N4. The number of hydrogen-bond acceptors (Lipinski definition) is 3. The summed E-state index contributed by atoms with van der Waals surface area (Å²) in [6.45, 7) is 5.91. The van der Waals surface area contributed by atoms with Crippen LogP contribution in [-0.4, -0.2) is 14.6 Å². The molecule has 0 radical (unpaired) electrons. The predicted octanol–water partition coefficient (Wildman–Crippen LogP) is 6.37. The minimum Gasteiger partial charge on any atom is -0.340 e. The lowest BCUT2D eigenvalue weighted by atomic mass is 10.1. The second-order valence-corrected chi connectivity index (χ2v) is 7.36. The van der Waals surface area contributed by atoms with Crippen molar-refractivity contribution in [3.05, 3.63) is 75.5 Å². The van der Waals surface area contributed by atoms with Gasteiger partial charge in [0.25, 0.3) is 0 Å². The van der Waals surface area contributed by atoms with Crippen molar-refractivity contribution in [1.29, 1.82) is 0 Å². The van der Waals surface area contributed by atoms with Crippen LogP contribution in [0.3, 0.4) is 0 Å². The van der Waals surface area contributed by atoms with Gasteiger partial charge in [-0.25, -0.2) is 4.98 Å². The van der Waals surface area contributed by atoms with E-state index < -0.39 is 0 Å². The van der Waals surface area contributed by atoms with E-state index in [1.165, 1.54) is 0 Å². The molecule has 0 saturated carbocycles. The molecule has 0 amide bonds. The highest BCUT2D eigenvalue weighted by atomic mass is 35.5. The molecular weight excluding hydrogens is 379 g/mol. The summed E-state index contributed by atoms with van der Waals surface area (Å²) in [6, 6.07) is 15.6. The normalized spacial score (nSPS) is 11.1. The van der Waals surface area contributed by atoms with Gasteiger partial charge in [0.1, 0.15) is 5.82 Å². The summed E-state index contributed by atoms with van der Waals surface area (Å²) in [4.78, 5) is 4.72. The number of nitrogens with one attached hydrogen (secondary N) is 1. The van der Waals surface area contributed by atoms with Crippen LogP contribution in [0.1, 0.15) is 17.0 Å². The van der Waals surface area contributed by atoms with E-state index in [1.807, 2.05) is 73.8 Å². The molecule has 0 fully saturated rings. The number of rotatable bonds is 3. The third-order valence-electron chi connectivity index (χ3n) is 4.48. The lowest BCUT2D eigenvalue weighted by molar-refractivity contribution is 0.917. The van der Waals surface area contributed by atoms with Crippen molar-refractivity contribution in [3.8, 4) is 11.1 Å². The average molecular weight is 397 g/mol. The van der Waals surface area contributed by atoms with Gasteiger partial charge in [-0.3, -0.25) is 0 Å². The third-order valence-corrected chi connectivity index (χ3v) is 5.22. The summed E-state index contributed by atoms with van der Waals surface area (Å²) in [6.07, 6.45) is 0. The highest BCUT2D eigenvalue weighted by Gasteiger charge is 2.18. The minimum atomic E-state index is 0.679. The van der Waals surface area contributed by atoms with Crippen LogP contribution in [0.4, 0.5) is 11.5 Å². The second-order valence-electron chi connectivity index (χ2n) is 6.55. The van der Waals surface area contributed by atoms with E-state index in [-0.39, 0.29) is 0 Å². The standard InChI is InChI=1S/C21H18Cl2N4/c1-12-8-9-15(11-18(12)23)25-19-10-13(2)24-21-20(14(3)26-27(19)21)16-6-4-5-7-17(16)22/h4-11,25H,1-3H3. The molecule has 4 aromatic rings. The lowest BCUT2D eigenvalue weighted by Crippen LogP contribution is -2.02. The Bertz CT molecular complexity index is 1160. The molecule has 0 aliphatic carbocycles. The molecule has 2 heterocycles. The van der Waals surface area contributed by atoms with Gasteiger partial charge in [-0.15, -0.1) is 0 Å². The minimum absolute atomic E-state index is 0.679. The molecule has 2 aromatic heterocycles. The van der Waals surface area contributed by atoms with Crippen LogP contribution < -0.4 is 5.32 Å². The summed E-state index contributed by atoms with van der Waals surface area (Å²) in [5.41, 5.74) is 6.31. The number of benzene rings is 2. The Morgan fingerprint density at radius 3 is 2.44 bits per heavy atom. The van der Waals surface area contributed by atoms with Gasteiger partial charge in [0.05, 0.1) is 11.3 Å². The van der Waals surface area contributed by atoms with Gasteiger partial charge in [0, 0.05) is 33.1 Å². The zero-order valence-corrected chi connectivity index (χ0v) is 16.7. The molecule has 0 aliphatic rings. The van der Waals surface area contributed by atoms with E-state index in [1.54, 1.807) is 0 Å². The van der Waals surface area contributed by atoms with Gasteiger partial charge < -0.3 is 5.32 Å². The molecule has 0 atom stereocenters. The number of nitrogens with zero attached hydrogens (tertiary/aromatic N) is 3. The molecule has 6 heteroatoms. The average Bonchev–Trinajstić information content (AvgIpc) is 2.95. The second kappa shape index (κ2) is 6.87. The van der Waals surface area contributed by atoms with Gasteiger partial charge in [-0.1, -0.05) is 47.5 Å². The van der Waals surface area contributed by atoms with Gasteiger partial charge >= 0.3 is 0 Å². The maximum atomic E-state index is 6.43. The molecule has 136 valence electrons. The number of anilines is 2. The SMILES string of the molecule is Cc1cc(Nc2ccc(C)c(Cl)c2)n2nc(C)c(-c3ccccc3Cl)c2n1. The molecule has 0 unspecified atom stereocenters. The zero-order chi connectivity index (χ0) is 19.1. The Hall–Kier alpha value is -2.56. The monoisotopic (exact) mass is 396 g/mol. The predicted molar refractivity (Wildman–Crippen MR) is 112 cm³/mol. The summed E-state index contributed by atoms with van der Waals surface area (Å²) >= 11 is 12.7. The number of halogens is 2. The van der Waals surface area contributed by atoms with Crippen LogP contribution in [0.5, 0.6) is 0 Å². The number of aryl methyl sites for hydroxylation is 3. The highest BCUT2D eigenvalue weighted by molar-refractivity contribution is 6.33. The molecule has 4 rings (SSSR count). The first-order valence-electron chi connectivity index (χ1n) is 8.59. The van der Waals surface area contributed by atoms with Gasteiger partial charge in [-0.05, 0) is 44.5 Å². The Balaban J connectivity index is 1.89.